The Balaban J connectivity index is 1.51. The number of nitrogens with zero attached hydrogens (tertiary/aromatic N) is 2. The van der Waals surface area contributed by atoms with E-state index in [2.05, 4.69) is 69.9 Å². The molecule has 1 unspecified atom stereocenters. The number of thiazole rings is 1. The van der Waals surface area contributed by atoms with Crippen LogP contribution in [0.5, 0.6) is 0 Å². The van der Waals surface area contributed by atoms with Crippen molar-refractivity contribution in [3.05, 3.63) is 71.7 Å². The molecule has 4 rings (SSSR count). The first-order valence-electron chi connectivity index (χ1n) is 8.20. The lowest BCUT2D eigenvalue weighted by molar-refractivity contribution is 0.509. The molecule has 0 spiro atoms. The van der Waals surface area contributed by atoms with Gasteiger partial charge in [0.2, 0.25) is 0 Å². The van der Waals surface area contributed by atoms with E-state index in [1.54, 1.807) is 11.3 Å². The molecule has 1 atom stereocenters. The molecule has 2 nitrogen and oxygen atoms in total. The lowest BCUT2D eigenvalue weighted by Crippen LogP contribution is -2.34. The first kappa shape index (κ1) is 14.5. The highest BCUT2D eigenvalue weighted by atomic mass is 32.1. The zero-order valence-corrected chi connectivity index (χ0v) is 13.9. The van der Waals surface area contributed by atoms with Gasteiger partial charge in [0.15, 0.2) is 5.13 Å². The summed E-state index contributed by atoms with van der Waals surface area (Å²) in [6.45, 7) is 2.21. The number of anilines is 1. The predicted octanol–water partition coefficient (Wildman–Crippen LogP) is 5.19. The fraction of sp³-hybridized carbons (Fsp3) is 0.250. The molecule has 1 aromatic heterocycles. The molecule has 23 heavy (non-hydrogen) atoms. The third kappa shape index (κ3) is 3.15. The van der Waals surface area contributed by atoms with Crippen LogP contribution in [0.15, 0.2) is 66.2 Å². The standard InChI is InChI=1S/C20H20N2S/c1-2-5-16(6-3-1)17-8-10-18(11-9-17)19-7-4-13-22(15-19)20-21-12-14-23-20/h1-3,5-6,8-12,14,19H,4,7,13,15H2. The zero-order chi connectivity index (χ0) is 15.5. The van der Waals surface area contributed by atoms with Crippen molar-refractivity contribution in [2.45, 2.75) is 18.8 Å². The smallest absolute Gasteiger partial charge is 0.185 e. The highest BCUT2D eigenvalue weighted by Gasteiger charge is 2.22. The second-order valence-corrected chi connectivity index (χ2v) is 6.96. The SMILES string of the molecule is c1ccc(-c2ccc(C3CCCN(c4nccs4)C3)cc2)cc1. The van der Waals surface area contributed by atoms with E-state index in [4.69, 9.17) is 0 Å². The molecule has 0 bridgehead atoms. The van der Waals surface area contributed by atoms with Gasteiger partial charge in [0.05, 0.1) is 0 Å². The summed E-state index contributed by atoms with van der Waals surface area (Å²) >= 11 is 1.74. The van der Waals surface area contributed by atoms with Crippen LogP contribution >= 0.6 is 11.3 Å². The summed E-state index contributed by atoms with van der Waals surface area (Å²) < 4.78 is 0. The third-order valence-corrected chi connectivity index (χ3v) is 5.43. The van der Waals surface area contributed by atoms with Crippen LogP contribution in [0.2, 0.25) is 0 Å². The summed E-state index contributed by atoms with van der Waals surface area (Å²) in [5, 5.41) is 3.23. The molecule has 3 aromatic rings. The van der Waals surface area contributed by atoms with E-state index in [1.165, 1.54) is 29.5 Å². The fourth-order valence-electron chi connectivity index (χ4n) is 3.37. The van der Waals surface area contributed by atoms with Crippen molar-refractivity contribution in [2.24, 2.45) is 0 Å². The molecule has 1 saturated heterocycles. The molecule has 1 aliphatic heterocycles. The Morgan fingerprint density at radius 1 is 0.957 bits per heavy atom. The average molecular weight is 320 g/mol. The molecule has 0 N–H and O–H groups in total. The molecular formula is C20H20N2S. The summed E-state index contributed by atoms with van der Waals surface area (Å²) in [4.78, 5) is 6.90. The molecule has 0 amide bonds. The molecular weight excluding hydrogens is 300 g/mol. The van der Waals surface area contributed by atoms with E-state index < -0.39 is 0 Å². The van der Waals surface area contributed by atoms with Crippen LogP contribution < -0.4 is 4.90 Å². The minimum absolute atomic E-state index is 0.609. The van der Waals surface area contributed by atoms with Gasteiger partial charge in [0, 0.05) is 30.6 Å². The van der Waals surface area contributed by atoms with E-state index in [1.807, 2.05) is 6.20 Å². The van der Waals surface area contributed by atoms with Crippen LogP contribution in [0.1, 0.15) is 24.3 Å². The monoisotopic (exact) mass is 320 g/mol. The van der Waals surface area contributed by atoms with Gasteiger partial charge in [0.1, 0.15) is 0 Å². The lowest BCUT2D eigenvalue weighted by Gasteiger charge is -2.32. The second kappa shape index (κ2) is 6.55. The Kier molecular flexibility index (Phi) is 4.12. The van der Waals surface area contributed by atoms with Crippen LogP contribution in [-0.4, -0.2) is 18.1 Å². The maximum absolute atomic E-state index is 4.47. The Morgan fingerprint density at radius 2 is 1.74 bits per heavy atom. The molecule has 116 valence electrons. The van der Waals surface area contributed by atoms with Crippen molar-refractivity contribution in [3.63, 3.8) is 0 Å². The van der Waals surface area contributed by atoms with E-state index in [0.29, 0.717) is 5.92 Å². The third-order valence-electron chi connectivity index (χ3n) is 4.60. The molecule has 1 aliphatic rings. The van der Waals surface area contributed by atoms with Crippen LogP contribution in [0, 0.1) is 0 Å². The molecule has 3 heteroatoms. The predicted molar refractivity (Wildman–Crippen MR) is 98.2 cm³/mol. The van der Waals surface area contributed by atoms with Crippen LogP contribution in [0.4, 0.5) is 5.13 Å². The minimum atomic E-state index is 0.609. The van der Waals surface area contributed by atoms with Crippen molar-refractivity contribution >= 4 is 16.5 Å². The lowest BCUT2D eigenvalue weighted by atomic mass is 9.90. The van der Waals surface area contributed by atoms with Gasteiger partial charge >= 0.3 is 0 Å². The van der Waals surface area contributed by atoms with Gasteiger partial charge < -0.3 is 4.90 Å². The number of rotatable bonds is 3. The van der Waals surface area contributed by atoms with Gasteiger partial charge in [-0.15, -0.1) is 11.3 Å². The van der Waals surface area contributed by atoms with Crippen LogP contribution in [-0.2, 0) is 0 Å². The minimum Gasteiger partial charge on any atom is -0.347 e. The van der Waals surface area contributed by atoms with Crippen molar-refractivity contribution in [1.82, 2.24) is 4.98 Å². The van der Waals surface area contributed by atoms with Crippen LogP contribution in [0.25, 0.3) is 11.1 Å². The van der Waals surface area contributed by atoms with E-state index in [9.17, 15) is 0 Å². The number of piperidine rings is 1. The van der Waals surface area contributed by atoms with E-state index in [0.717, 1.165) is 18.2 Å². The van der Waals surface area contributed by atoms with Gasteiger partial charge in [0.25, 0.3) is 0 Å². The van der Waals surface area contributed by atoms with E-state index in [-0.39, 0.29) is 0 Å². The first-order valence-corrected chi connectivity index (χ1v) is 9.08. The maximum atomic E-state index is 4.47. The number of hydrogen-bond acceptors (Lipinski definition) is 3. The molecule has 0 saturated carbocycles. The van der Waals surface area contributed by atoms with Crippen molar-refractivity contribution < 1.29 is 0 Å². The normalized spacial score (nSPS) is 18.1. The summed E-state index contributed by atoms with van der Waals surface area (Å²) in [7, 11) is 0. The molecule has 1 fully saturated rings. The van der Waals surface area contributed by atoms with Gasteiger partial charge in [-0.1, -0.05) is 54.6 Å². The van der Waals surface area contributed by atoms with E-state index >= 15 is 0 Å². The Bertz CT molecular complexity index is 735. The summed E-state index contributed by atoms with van der Waals surface area (Å²) in [5.41, 5.74) is 4.03. The molecule has 0 aliphatic carbocycles. The molecule has 2 aromatic carbocycles. The Morgan fingerprint density at radius 3 is 2.48 bits per heavy atom. The quantitative estimate of drug-likeness (QED) is 0.660. The van der Waals surface area contributed by atoms with Crippen LogP contribution in [0.3, 0.4) is 0 Å². The Hall–Kier alpha value is -2.13. The number of aromatic nitrogens is 1. The zero-order valence-electron chi connectivity index (χ0n) is 13.1. The van der Waals surface area contributed by atoms with Crippen molar-refractivity contribution in [3.8, 4) is 11.1 Å². The highest BCUT2D eigenvalue weighted by Crippen LogP contribution is 2.31. The second-order valence-electron chi connectivity index (χ2n) is 6.09. The maximum Gasteiger partial charge on any atom is 0.185 e. The summed E-state index contributed by atoms with van der Waals surface area (Å²) in [5.74, 6) is 0.609. The Labute approximate surface area is 141 Å². The fourth-order valence-corrected chi connectivity index (χ4v) is 4.05. The highest BCUT2D eigenvalue weighted by molar-refractivity contribution is 7.13. The van der Waals surface area contributed by atoms with Gasteiger partial charge in [-0.25, -0.2) is 4.98 Å². The number of hydrogen-bond donors (Lipinski definition) is 0. The molecule has 2 heterocycles. The molecule has 0 radical (unpaired) electrons. The summed E-state index contributed by atoms with van der Waals surface area (Å²) in [6, 6.07) is 19.7. The first-order chi connectivity index (χ1) is 11.4. The largest absolute Gasteiger partial charge is 0.347 e. The van der Waals surface area contributed by atoms with Crippen molar-refractivity contribution in [2.75, 3.05) is 18.0 Å². The number of benzene rings is 2. The summed E-state index contributed by atoms with van der Waals surface area (Å²) in [6.07, 6.45) is 4.41. The van der Waals surface area contributed by atoms with Gasteiger partial charge in [-0.05, 0) is 29.5 Å². The topological polar surface area (TPSA) is 16.1 Å². The van der Waals surface area contributed by atoms with Gasteiger partial charge in [-0.2, -0.15) is 0 Å². The average Bonchev–Trinajstić information content (AvgIpc) is 3.18. The van der Waals surface area contributed by atoms with Crippen molar-refractivity contribution in [1.29, 1.82) is 0 Å². The van der Waals surface area contributed by atoms with Gasteiger partial charge in [-0.3, -0.25) is 0 Å².